The summed E-state index contributed by atoms with van der Waals surface area (Å²) in [6.45, 7) is 2.15. The Balaban J connectivity index is 2.39. The van der Waals surface area contributed by atoms with E-state index in [4.69, 9.17) is 9.47 Å². The number of ether oxygens (including phenoxy) is 2. The van der Waals surface area contributed by atoms with Gasteiger partial charge in [-0.2, -0.15) is 0 Å². The molecular weight excluding hydrogens is 242 g/mol. The highest BCUT2D eigenvalue weighted by Crippen LogP contribution is 2.16. The fraction of sp³-hybridized carbons (Fsp3) is 0.333. The molecule has 0 bridgehead atoms. The standard InChI is InChI=1S/C15H17NO3/c1-3-4-5-6-11-19-15(17)12-16-13-7-9-14(18-2)10-8-13/h7-10,12H,3-4,11H2,1-2H3. The molecule has 19 heavy (non-hydrogen) atoms. The third-order valence-electron chi connectivity index (χ3n) is 2.18. The van der Waals surface area contributed by atoms with Crippen molar-refractivity contribution in [3.63, 3.8) is 0 Å². The molecule has 0 N–H and O–H groups in total. The summed E-state index contributed by atoms with van der Waals surface area (Å²) in [6.07, 6.45) is 2.96. The smallest absolute Gasteiger partial charge is 0.350 e. The van der Waals surface area contributed by atoms with Gasteiger partial charge in [-0.3, -0.25) is 0 Å². The Morgan fingerprint density at radius 1 is 1.32 bits per heavy atom. The van der Waals surface area contributed by atoms with Crippen molar-refractivity contribution in [3.8, 4) is 17.6 Å². The minimum absolute atomic E-state index is 0.105. The third-order valence-corrected chi connectivity index (χ3v) is 2.18. The van der Waals surface area contributed by atoms with E-state index in [9.17, 15) is 4.79 Å². The molecule has 0 aliphatic heterocycles. The molecule has 0 fully saturated rings. The number of unbranched alkanes of at least 4 members (excludes halogenated alkanes) is 1. The average molecular weight is 259 g/mol. The van der Waals surface area contributed by atoms with Gasteiger partial charge in [-0.05, 0) is 30.7 Å². The van der Waals surface area contributed by atoms with Crippen LogP contribution in [0.2, 0.25) is 0 Å². The highest BCUT2D eigenvalue weighted by atomic mass is 16.5. The van der Waals surface area contributed by atoms with Crippen LogP contribution in [0.15, 0.2) is 29.3 Å². The second-order valence-corrected chi connectivity index (χ2v) is 3.67. The van der Waals surface area contributed by atoms with Gasteiger partial charge >= 0.3 is 5.97 Å². The zero-order chi connectivity index (χ0) is 13.9. The summed E-state index contributed by atoms with van der Waals surface area (Å²) in [5.74, 6) is 5.90. The van der Waals surface area contributed by atoms with Gasteiger partial charge in [0.05, 0.1) is 12.8 Å². The van der Waals surface area contributed by atoms with Crippen molar-refractivity contribution < 1.29 is 14.3 Å². The molecule has 4 heteroatoms. The number of hydrogen-bond acceptors (Lipinski definition) is 4. The Hall–Kier alpha value is -2.28. The van der Waals surface area contributed by atoms with Crippen LogP contribution in [0.3, 0.4) is 0 Å². The van der Waals surface area contributed by atoms with Gasteiger partial charge in [-0.25, -0.2) is 9.79 Å². The molecule has 0 aromatic heterocycles. The van der Waals surface area contributed by atoms with Crippen LogP contribution in [0.5, 0.6) is 5.75 Å². The Labute approximate surface area is 113 Å². The average Bonchev–Trinajstić information content (AvgIpc) is 2.45. The van der Waals surface area contributed by atoms with Gasteiger partial charge < -0.3 is 9.47 Å². The van der Waals surface area contributed by atoms with Crippen molar-refractivity contribution in [3.05, 3.63) is 24.3 Å². The number of carbonyl (C=O) groups excluding carboxylic acids is 1. The number of benzene rings is 1. The highest BCUT2D eigenvalue weighted by Gasteiger charge is 1.96. The molecule has 0 heterocycles. The van der Waals surface area contributed by atoms with Crippen molar-refractivity contribution in [2.45, 2.75) is 19.8 Å². The molecule has 1 rings (SSSR count). The first-order chi connectivity index (χ1) is 9.26. The molecule has 100 valence electrons. The Bertz CT molecular complexity index is 480. The lowest BCUT2D eigenvalue weighted by Crippen LogP contribution is -2.05. The first kappa shape index (κ1) is 14.8. The lowest BCUT2D eigenvalue weighted by atomic mass is 10.3. The zero-order valence-corrected chi connectivity index (χ0v) is 11.2. The number of aliphatic imine (C=N–C) groups is 1. The molecule has 0 amide bonds. The van der Waals surface area contributed by atoms with Crippen LogP contribution in [0, 0.1) is 11.8 Å². The van der Waals surface area contributed by atoms with Crippen LogP contribution in [0.25, 0.3) is 0 Å². The molecule has 1 aromatic carbocycles. The zero-order valence-electron chi connectivity index (χ0n) is 11.2. The van der Waals surface area contributed by atoms with Crippen LogP contribution >= 0.6 is 0 Å². The van der Waals surface area contributed by atoms with Crippen LogP contribution in [-0.2, 0) is 9.53 Å². The number of esters is 1. The summed E-state index contributed by atoms with van der Waals surface area (Å²) in [6, 6.07) is 7.05. The number of hydrogen-bond donors (Lipinski definition) is 0. The van der Waals surface area contributed by atoms with Crippen LogP contribution in [0.1, 0.15) is 19.8 Å². The van der Waals surface area contributed by atoms with Crippen LogP contribution < -0.4 is 4.74 Å². The predicted molar refractivity (Wildman–Crippen MR) is 74.8 cm³/mol. The van der Waals surface area contributed by atoms with Gasteiger partial charge in [0.15, 0.2) is 6.61 Å². The summed E-state index contributed by atoms with van der Waals surface area (Å²) < 4.78 is 9.89. The van der Waals surface area contributed by atoms with E-state index in [2.05, 4.69) is 16.8 Å². The molecule has 0 spiro atoms. The molecule has 0 saturated carbocycles. The van der Waals surface area contributed by atoms with Crippen molar-refractivity contribution in [1.29, 1.82) is 0 Å². The number of methoxy groups -OCH3 is 1. The van der Waals surface area contributed by atoms with E-state index in [0.29, 0.717) is 5.69 Å². The predicted octanol–water partition coefficient (Wildman–Crippen LogP) is 2.74. The van der Waals surface area contributed by atoms with E-state index in [1.165, 1.54) is 0 Å². The van der Waals surface area contributed by atoms with E-state index >= 15 is 0 Å². The molecule has 1 aromatic rings. The Kier molecular flexibility index (Phi) is 6.81. The minimum atomic E-state index is -0.499. The number of rotatable bonds is 5. The summed E-state index contributed by atoms with van der Waals surface area (Å²) in [5.41, 5.74) is 0.662. The van der Waals surface area contributed by atoms with E-state index in [1.807, 2.05) is 6.92 Å². The maximum atomic E-state index is 11.3. The Morgan fingerprint density at radius 2 is 2.05 bits per heavy atom. The second kappa shape index (κ2) is 8.76. The first-order valence-electron chi connectivity index (χ1n) is 6.07. The summed E-state index contributed by atoms with van der Waals surface area (Å²) in [4.78, 5) is 15.3. The Morgan fingerprint density at radius 3 is 2.68 bits per heavy atom. The molecule has 0 unspecified atom stereocenters. The lowest BCUT2D eigenvalue weighted by molar-refractivity contribution is -0.133. The molecule has 0 saturated heterocycles. The van der Waals surface area contributed by atoms with E-state index in [0.717, 1.165) is 24.8 Å². The van der Waals surface area contributed by atoms with Crippen molar-refractivity contribution in [1.82, 2.24) is 0 Å². The number of nitrogens with zero attached hydrogens (tertiary/aromatic N) is 1. The fourth-order valence-corrected chi connectivity index (χ4v) is 1.20. The van der Waals surface area contributed by atoms with Gasteiger partial charge in [0.2, 0.25) is 0 Å². The van der Waals surface area contributed by atoms with E-state index in [1.54, 1.807) is 31.4 Å². The van der Waals surface area contributed by atoms with Gasteiger partial charge in [-0.1, -0.05) is 18.8 Å². The van der Waals surface area contributed by atoms with Crippen molar-refractivity contribution >= 4 is 17.9 Å². The van der Waals surface area contributed by atoms with Crippen LogP contribution in [0.4, 0.5) is 5.69 Å². The van der Waals surface area contributed by atoms with Gasteiger partial charge in [0.1, 0.15) is 12.0 Å². The van der Waals surface area contributed by atoms with Crippen molar-refractivity contribution in [2.75, 3.05) is 13.7 Å². The monoisotopic (exact) mass is 259 g/mol. The van der Waals surface area contributed by atoms with E-state index in [-0.39, 0.29) is 6.61 Å². The molecular formula is C15H17NO3. The molecule has 0 atom stereocenters. The fourth-order valence-electron chi connectivity index (χ4n) is 1.20. The van der Waals surface area contributed by atoms with Crippen molar-refractivity contribution in [2.24, 2.45) is 4.99 Å². The van der Waals surface area contributed by atoms with Gasteiger partial charge in [-0.15, -0.1) is 0 Å². The highest BCUT2D eigenvalue weighted by molar-refractivity contribution is 6.23. The quantitative estimate of drug-likeness (QED) is 0.464. The summed E-state index contributed by atoms with van der Waals surface area (Å²) >= 11 is 0. The van der Waals surface area contributed by atoms with E-state index < -0.39 is 5.97 Å². The van der Waals surface area contributed by atoms with Gasteiger partial charge in [0, 0.05) is 6.42 Å². The van der Waals surface area contributed by atoms with Gasteiger partial charge in [0.25, 0.3) is 0 Å². The third kappa shape index (κ3) is 6.27. The maximum Gasteiger partial charge on any atom is 0.350 e. The number of carbonyl (C=O) groups is 1. The topological polar surface area (TPSA) is 47.9 Å². The SMILES string of the molecule is CCCC#CCOC(=O)C=Nc1ccc(OC)cc1. The summed E-state index contributed by atoms with van der Waals surface area (Å²) in [5, 5.41) is 0. The normalized spacial score (nSPS) is 9.79. The first-order valence-corrected chi connectivity index (χ1v) is 6.07. The molecule has 0 aliphatic rings. The molecule has 4 nitrogen and oxygen atoms in total. The van der Waals surface area contributed by atoms with Crippen LogP contribution in [-0.4, -0.2) is 25.9 Å². The lowest BCUT2D eigenvalue weighted by Gasteiger charge is -1.98. The molecule has 0 radical (unpaired) electrons. The minimum Gasteiger partial charge on any atom is -0.497 e. The largest absolute Gasteiger partial charge is 0.497 e. The second-order valence-electron chi connectivity index (χ2n) is 3.67. The maximum absolute atomic E-state index is 11.3. The molecule has 0 aliphatic carbocycles. The summed E-state index contributed by atoms with van der Waals surface area (Å²) in [7, 11) is 1.59.